The number of alkyl halides is 3. The Kier molecular flexibility index (Phi) is 5.90. The molecule has 1 aromatic heterocycles. The van der Waals surface area contributed by atoms with Crippen molar-refractivity contribution >= 4 is 11.8 Å². The molecule has 3 rings (SSSR count). The molecule has 0 aliphatic carbocycles. The number of aromatic nitrogens is 2. The van der Waals surface area contributed by atoms with Crippen molar-refractivity contribution in [3.63, 3.8) is 0 Å². The van der Waals surface area contributed by atoms with Crippen LogP contribution in [0.25, 0.3) is 11.5 Å². The van der Waals surface area contributed by atoms with Crippen LogP contribution in [0.15, 0.2) is 58.2 Å². The molecule has 5 nitrogen and oxygen atoms in total. The second-order valence-corrected chi connectivity index (χ2v) is 6.21. The van der Waals surface area contributed by atoms with Gasteiger partial charge in [0.05, 0.1) is 12.2 Å². The smallest absolute Gasteiger partial charge is 0.493 e. The molecule has 2 aromatic carbocycles. The van der Waals surface area contributed by atoms with E-state index in [1.807, 2.05) is 31.2 Å². The van der Waals surface area contributed by atoms with Gasteiger partial charge in [-0.15, -0.1) is 23.4 Å². The summed E-state index contributed by atoms with van der Waals surface area (Å²) >= 11 is 1.28. The molecule has 0 atom stereocenters. The molecule has 0 radical (unpaired) electrons. The van der Waals surface area contributed by atoms with Crippen LogP contribution in [0, 0.1) is 0 Å². The minimum Gasteiger partial charge on any atom is -0.493 e. The van der Waals surface area contributed by atoms with Crippen molar-refractivity contribution in [1.29, 1.82) is 0 Å². The van der Waals surface area contributed by atoms with E-state index in [-0.39, 0.29) is 5.75 Å². The fourth-order valence-corrected chi connectivity index (χ4v) is 2.95. The molecule has 0 bridgehead atoms. The van der Waals surface area contributed by atoms with Crippen LogP contribution in [-0.4, -0.2) is 23.2 Å². The van der Waals surface area contributed by atoms with Gasteiger partial charge in [-0.25, -0.2) is 0 Å². The topological polar surface area (TPSA) is 57.4 Å². The minimum atomic E-state index is -4.70. The summed E-state index contributed by atoms with van der Waals surface area (Å²) in [6.07, 6.45) is -4.70. The van der Waals surface area contributed by atoms with Gasteiger partial charge in [0.1, 0.15) is 11.5 Å². The fourth-order valence-electron chi connectivity index (χ4n) is 2.23. The van der Waals surface area contributed by atoms with Crippen LogP contribution in [0.5, 0.6) is 11.5 Å². The van der Waals surface area contributed by atoms with E-state index in [9.17, 15) is 13.2 Å². The first-order valence-electron chi connectivity index (χ1n) is 7.98. The van der Waals surface area contributed by atoms with Crippen LogP contribution in [0.4, 0.5) is 13.2 Å². The van der Waals surface area contributed by atoms with E-state index in [1.54, 1.807) is 12.1 Å². The third kappa shape index (κ3) is 5.40. The molecular weight excluding hydrogens is 381 g/mol. The quantitative estimate of drug-likeness (QED) is 0.504. The Bertz CT molecular complexity index is 882. The van der Waals surface area contributed by atoms with Crippen LogP contribution in [-0.2, 0) is 5.75 Å². The second-order valence-electron chi connectivity index (χ2n) is 5.28. The number of ether oxygens (including phenoxy) is 2. The lowest BCUT2D eigenvalue weighted by atomic mass is 10.2. The van der Waals surface area contributed by atoms with Crippen molar-refractivity contribution in [2.45, 2.75) is 24.3 Å². The summed E-state index contributed by atoms with van der Waals surface area (Å²) in [5.74, 6) is 1.20. The van der Waals surface area contributed by atoms with E-state index in [0.717, 1.165) is 5.56 Å². The Morgan fingerprint density at radius 3 is 2.48 bits per heavy atom. The van der Waals surface area contributed by atoms with Gasteiger partial charge in [-0.05, 0) is 36.8 Å². The Labute approximate surface area is 157 Å². The largest absolute Gasteiger partial charge is 0.573 e. The first-order valence-corrected chi connectivity index (χ1v) is 8.96. The maximum absolute atomic E-state index is 12.2. The van der Waals surface area contributed by atoms with E-state index < -0.39 is 6.36 Å². The number of thioether (sulfide) groups is 1. The van der Waals surface area contributed by atoms with Gasteiger partial charge < -0.3 is 13.9 Å². The van der Waals surface area contributed by atoms with Crippen molar-refractivity contribution in [2.24, 2.45) is 0 Å². The fraction of sp³-hybridized carbons (Fsp3) is 0.222. The summed E-state index contributed by atoms with van der Waals surface area (Å²) in [6, 6.07) is 13.0. The zero-order valence-corrected chi connectivity index (χ0v) is 15.0. The Morgan fingerprint density at radius 2 is 1.78 bits per heavy atom. The maximum Gasteiger partial charge on any atom is 0.573 e. The van der Waals surface area contributed by atoms with E-state index in [1.165, 1.54) is 23.9 Å². The zero-order chi connectivity index (χ0) is 19.3. The molecule has 0 fully saturated rings. The predicted octanol–water partition coefficient (Wildman–Crippen LogP) is 5.33. The lowest BCUT2D eigenvalue weighted by molar-refractivity contribution is -0.274. The summed E-state index contributed by atoms with van der Waals surface area (Å²) in [7, 11) is 0. The van der Waals surface area contributed by atoms with Crippen LogP contribution >= 0.6 is 11.8 Å². The average molecular weight is 396 g/mol. The molecule has 0 N–H and O–H groups in total. The van der Waals surface area contributed by atoms with Crippen molar-refractivity contribution in [1.82, 2.24) is 10.2 Å². The number of nitrogens with zero attached hydrogens (tertiary/aromatic N) is 2. The number of benzene rings is 2. The van der Waals surface area contributed by atoms with Crippen LogP contribution in [0.2, 0.25) is 0 Å². The highest BCUT2D eigenvalue weighted by molar-refractivity contribution is 7.98. The van der Waals surface area contributed by atoms with Gasteiger partial charge in [-0.2, -0.15) is 0 Å². The van der Waals surface area contributed by atoms with E-state index >= 15 is 0 Å². The monoisotopic (exact) mass is 396 g/mol. The number of hydrogen-bond acceptors (Lipinski definition) is 6. The molecule has 0 unspecified atom stereocenters. The van der Waals surface area contributed by atoms with Crippen molar-refractivity contribution in [2.75, 3.05) is 6.61 Å². The molecule has 0 spiro atoms. The summed E-state index contributed by atoms with van der Waals surface area (Å²) in [4.78, 5) is 0. The highest BCUT2D eigenvalue weighted by Gasteiger charge is 2.30. The van der Waals surface area contributed by atoms with Gasteiger partial charge in [-0.3, -0.25) is 0 Å². The lowest BCUT2D eigenvalue weighted by Gasteiger charge is -2.08. The highest BCUT2D eigenvalue weighted by Crippen LogP contribution is 2.32. The summed E-state index contributed by atoms with van der Waals surface area (Å²) in [5.41, 5.74) is 1.50. The first kappa shape index (κ1) is 19.1. The number of rotatable bonds is 7. The number of para-hydroxylation sites is 1. The standard InChI is InChI=1S/C18H15F3N2O3S/c1-2-24-15-6-4-3-5-14(15)16-22-23-17(25-16)27-11-12-7-9-13(10-8-12)26-18(19,20)21/h3-10H,2,11H2,1H3. The summed E-state index contributed by atoms with van der Waals surface area (Å²) in [6.45, 7) is 2.40. The molecule has 142 valence electrons. The van der Waals surface area contributed by atoms with Gasteiger partial charge in [0.2, 0.25) is 0 Å². The molecule has 0 saturated heterocycles. The van der Waals surface area contributed by atoms with Crippen LogP contribution in [0.3, 0.4) is 0 Å². The van der Waals surface area contributed by atoms with Crippen LogP contribution < -0.4 is 9.47 Å². The average Bonchev–Trinajstić information content (AvgIpc) is 3.09. The predicted molar refractivity (Wildman–Crippen MR) is 93.6 cm³/mol. The zero-order valence-electron chi connectivity index (χ0n) is 14.2. The van der Waals surface area contributed by atoms with Gasteiger partial charge in [0.15, 0.2) is 0 Å². The maximum atomic E-state index is 12.2. The molecule has 0 saturated carbocycles. The molecule has 0 aliphatic heterocycles. The molecule has 3 aromatic rings. The van der Waals surface area contributed by atoms with Gasteiger partial charge in [-0.1, -0.05) is 36.0 Å². The van der Waals surface area contributed by atoms with Gasteiger partial charge in [0.25, 0.3) is 11.1 Å². The van der Waals surface area contributed by atoms with E-state index in [0.29, 0.717) is 34.8 Å². The Hall–Kier alpha value is -2.68. The minimum absolute atomic E-state index is 0.260. The molecule has 1 heterocycles. The van der Waals surface area contributed by atoms with E-state index in [2.05, 4.69) is 14.9 Å². The summed E-state index contributed by atoms with van der Waals surface area (Å²) in [5, 5.41) is 8.38. The molecule has 27 heavy (non-hydrogen) atoms. The van der Waals surface area contributed by atoms with Gasteiger partial charge in [0, 0.05) is 5.75 Å². The molecule has 0 amide bonds. The third-order valence-corrected chi connectivity index (χ3v) is 4.23. The molecular formula is C18H15F3N2O3S. The Balaban J connectivity index is 1.63. The molecule has 9 heteroatoms. The second kappa shape index (κ2) is 8.34. The Morgan fingerprint density at radius 1 is 1.04 bits per heavy atom. The van der Waals surface area contributed by atoms with E-state index in [4.69, 9.17) is 9.15 Å². The van der Waals surface area contributed by atoms with Crippen LogP contribution in [0.1, 0.15) is 12.5 Å². The summed E-state index contributed by atoms with van der Waals surface area (Å²) < 4.78 is 51.6. The normalized spacial score (nSPS) is 11.4. The molecule has 0 aliphatic rings. The first-order chi connectivity index (χ1) is 12.9. The SMILES string of the molecule is CCOc1ccccc1-c1nnc(SCc2ccc(OC(F)(F)F)cc2)o1. The third-order valence-electron chi connectivity index (χ3n) is 3.34. The lowest BCUT2D eigenvalue weighted by Crippen LogP contribution is -2.16. The number of halogens is 3. The van der Waals surface area contributed by atoms with Gasteiger partial charge >= 0.3 is 6.36 Å². The van der Waals surface area contributed by atoms with Crippen molar-refractivity contribution in [3.8, 4) is 23.0 Å². The van der Waals surface area contributed by atoms with Crippen molar-refractivity contribution < 1.29 is 27.1 Å². The van der Waals surface area contributed by atoms with Crippen molar-refractivity contribution in [3.05, 3.63) is 54.1 Å². The highest BCUT2D eigenvalue weighted by atomic mass is 32.2. The number of hydrogen-bond donors (Lipinski definition) is 0.